The summed E-state index contributed by atoms with van der Waals surface area (Å²) < 4.78 is 1.31. The van der Waals surface area contributed by atoms with E-state index in [0.717, 1.165) is 17.9 Å². The fourth-order valence-electron chi connectivity index (χ4n) is 3.73. The molecule has 102 valence electrons. The maximum absolute atomic E-state index is 4.03. The largest absolute Gasteiger partial charge is 0.310 e. The monoisotopic (exact) mass is 319 g/mol. The molecule has 19 heavy (non-hydrogen) atoms. The van der Waals surface area contributed by atoms with Gasteiger partial charge in [-0.2, -0.15) is 0 Å². The molecule has 0 heterocycles. The molecular weight excluding hydrogens is 298 g/mol. The summed E-state index contributed by atoms with van der Waals surface area (Å²) in [6.45, 7) is 0. The Hall–Kier alpha value is -0.340. The second kappa shape index (κ2) is 4.89. The lowest BCUT2D eigenvalue weighted by molar-refractivity contribution is 0.339. The lowest BCUT2D eigenvalue weighted by atomic mass is 9.87. The molecule has 0 radical (unpaired) electrons. The Labute approximate surface area is 124 Å². The third-order valence-corrected chi connectivity index (χ3v) is 5.86. The van der Waals surface area contributed by atoms with E-state index in [2.05, 4.69) is 39.4 Å². The molecule has 2 heteroatoms. The first-order chi connectivity index (χ1) is 9.31. The van der Waals surface area contributed by atoms with Crippen LogP contribution in [-0.4, -0.2) is 12.1 Å². The highest BCUT2D eigenvalue weighted by Gasteiger charge is 2.42. The Morgan fingerprint density at radius 3 is 2.47 bits per heavy atom. The maximum atomic E-state index is 4.03. The van der Waals surface area contributed by atoms with E-state index in [-0.39, 0.29) is 0 Å². The van der Waals surface area contributed by atoms with E-state index < -0.39 is 0 Å². The molecule has 1 unspecified atom stereocenters. The van der Waals surface area contributed by atoms with Gasteiger partial charge in [-0.3, -0.25) is 0 Å². The molecule has 0 aromatic heterocycles. The summed E-state index contributed by atoms with van der Waals surface area (Å²) in [6.07, 6.45) is 9.67. The Bertz CT molecular complexity index is 464. The van der Waals surface area contributed by atoms with Gasteiger partial charge < -0.3 is 5.32 Å². The Kier molecular flexibility index (Phi) is 3.19. The normalized spacial score (nSPS) is 26.5. The van der Waals surface area contributed by atoms with Gasteiger partial charge in [0.05, 0.1) is 0 Å². The number of hydrogen-bond acceptors (Lipinski definition) is 1. The van der Waals surface area contributed by atoms with Gasteiger partial charge in [0.2, 0.25) is 0 Å². The second-order valence-corrected chi connectivity index (χ2v) is 7.54. The molecule has 1 atom stereocenters. The van der Waals surface area contributed by atoms with Crippen molar-refractivity contribution in [3.63, 3.8) is 0 Å². The van der Waals surface area contributed by atoms with Crippen molar-refractivity contribution < 1.29 is 0 Å². The number of nitrogens with one attached hydrogen (secondary N) is 1. The van der Waals surface area contributed by atoms with Crippen LogP contribution in [0.2, 0.25) is 0 Å². The van der Waals surface area contributed by atoms with Crippen LogP contribution in [0.4, 0.5) is 0 Å². The number of rotatable bonds is 4. The Morgan fingerprint density at radius 1 is 1.05 bits per heavy atom. The zero-order valence-corrected chi connectivity index (χ0v) is 13.0. The van der Waals surface area contributed by atoms with Gasteiger partial charge in [0.25, 0.3) is 0 Å². The number of aryl methyl sites for hydroxylation is 1. The number of halogens is 1. The molecule has 0 spiro atoms. The third-order valence-electron chi connectivity index (χ3n) is 5.12. The molecule has 0 aliphatic heterocycles. The number of benzene rings is 1. The van der Waals surface area contributed by atoms with Crippen molar-refractivity contribution >= 4 is 15.9 Å². The van der Waals surface area contributed by atoms with Crippen molar-refractivity contribution in [1.82, 2.24) is 5.32 Å². The van der Waals surface area contributed by atoms with Gasteiger partial charge >= 0.3 is 0 Å². The maximum Gasteiger partial charge on any atom is 0.0210 e. The minimum atomic E-state index is 0.706. The molecule has 1 aromatic carbocycles. The highest BCUT2D eigenvalue weighted by Crippen LogP contribution is 2.45. The van der Waals surface area contributed by atoms with Crippen LogP contribution in [0.5, 0.6) is 0 Å². The van der Waals surface area contributed by atoms with E-state index in [1.54, 1.807) is 11.1 Å². The number of fused-ring (bicyclic) bond motifs is 1. The first-order valence-corrected chi connectivity index (χ1v) is 8.63. The van der Waals surface area contributed by atoms with E-state index in [4.69, 9.17) is 0 Å². The quantitative estimate of drug-likeness (QED) is 0.881. The Balaban J connectivity index is 1.47. The summed E-state index contributed by atoms with van der Waals surface area (Å²) in [7, 11) is 0. The molecule has 0 saturated heterocycles. The molecule has 1 aromatic rings. The zero-order chi connectivity index (χ0) is 12.8. The average Bonchev–Trinajstić information content (AvgIpc) is 3.28. The molecule has 3 aliphatic carbocycles. The van der Waals surface area contributed by atoms with Crippen molar-refractivity contribution in [2.24, 2.45) is 11.8 Å². The van der Waals surface area contributed by atoms with E-state index in [1.807, 2.05) is 0 Å². The predicted molar refractivity (Wildman–Crippen MR) is 82.3 cm³/mol. The van der Waals surface area contributed by atoms with Gasteiger partial charge in [-0.25, -0.2) is 0 Å². The Morgan fingerprint density at radius 2 is 1.79 bits per heavy atom. The van der Waals surface area contributed by atoms with Gasteiger partial charge in [0.15, 0.2) is 0 Å². The zero-order valence-electron chi connectivity index (χ0n) is 11.4. The van der Waals surface area contributed by atoms with Crippen molar-refractivity contribution in [3.8, 4) is 0 Å². The summed E-state index contributed by atoms with van der Waals surface area (Å²) in [6, 6.07) is 8.22. The topological polar surface area (TPSA) is 12.0 Å². The molecule has 0 amide bonds. The molecule has 4 rings (SSSR count). The van der Waals surface area contributed by atoms with Crippen LogP contribution in [-0.2, 0) is 12.8 Å². The molecule has 3 aliphatic rings. The van der Waals surface area contributed by atoms with Crippen molar-refractivity contribution in [2.75, 3.05) is 0 Å². The van der Waals surface area contributed by atoms with Crippen LogP contribution in [0.15, 0.2) is 22.7 Å². The first-order valence-electron chi connectivity index (χ1n) is 7.83. The standard InChI is InChI=1S/C17H22BrN/c18-16-3-1-2-11-8-9-14(10-15(11)16)19-17(12-4-5-12)13-6-7-13/h1-3,12-14,17,19H,4-10H2. The van der Waals surface area contributed by atoms with Crippen LogP contribution in [0.3, 0.4) is 0 Å². The fourth-order valence-corrected chi connectivity index (χ4v) is 4.30. The SMILES string of the molecule is Brc1cccc2c1CC(NC(C1CC1)C1CC1)CC2. The van der Waals surface area contributed by atoms with Gasteiger partial charge in [0, 0.05) is 16.6 Å². The van der Waals surface area contributed by atoms with Crippen LogP contribution < -0.4 is 5.32 Å². The summed E-state index contributed by atoms with van der Waals surface area (Å²) in [4.78, 5) is 0. The minimum Gasteiger partial charge on any atom is -0.310 e. The molecule has 0 bridgehead atoms. The van der Waals surface area contributed by atoms with Crippen LogP contribution in [0.25, 0.3) is 0 Å². The molecule has 2 saturated carbocycles. The fraction of sp³-hybridized carbons (Fsp3) is 0.647. The van der Waals surface area contributed by atoms with Crippen LogP contribution in [0.1, 0.15) is 43.2 Å². The van der Waals surface area contributed by atoms with Gasteiger partial charge in [0.1, 0.15) is 0 Å². The average molecular weight is 320 g/mol. The summed E-state index contributed by atoms with van der Waals surface area (Å²) in [5.74, 6) is 2.02. The molecule has 1 N–H and O–H groups in total. The van der Waals surface area contributed by atoms with Crippen LogP contribution in [0, 0.1) is 11.8 Å². The van der Waals surface area contributed by atoms with Gasteiger partial charge in [-0.15, -0.1) is 0 Å². The highest BCUT2D eigenvalue weighted by molar-refractivity contribution is 9.10. The third kappa shape index (κ3) is 2.62. The van der Waals surface area contributed by atoms with Crippen LogP contribution >= 0.6 is 15.9 Å². The van der Waals surface area contributed by atoms with E-state index in [0.29, 0.717) is 6.04 Å². The summed E-state index contributed by atoms with van der Waals surface area (Å²) in [5.41, 5.74) is 3.11. The molecule has 1 nitrogen and oxygen atoms in total. The first kappa shape index (κ1) is 12.4. The van der Waals surface area contributed by atoms with Crippen molar-refractivity contribution in [1.29, 1.82) is 0 Å². The minimum absolute atomic E-state index is 0.706. The van der Waals surface area contributed by atoms with Crippen molar-refractivity contribution in [2.45, 2.75) is 57.0 Å². The smallest absolute Gasteiger partial charge is 0.0210 e. The lowest BCUT2D eigenvalue weighted by Crippen LogP contribution is -2.44. The number of hydrogen-bond donors (Lipinski definition) is 1. The van der Waals surface area contributed by atoms with E-state index in [1.165, 1.54) is 49.4 Å². The predicted octanol–water partition coefficient (Wildman–Crippen LogP) is 4.08. The molecular formula is C17H22BrN. The second-order valence-electron chi connectivity index (χ2n) is 6.68. The lowest BCUT2D eigenvalue weighted by Gasteiger charge is -2.30. The van der Waals surface area contributed by atoms with Gasteiger partial charge in [-0.1, -0.05) is 28.1 Å². The van der Waals surface area contributed by atoms with Gasteiger partial charge in [-0.05, 0) is 74.0 Å². The van der Waals surface area contributed by atoms with Crippen molar-refractivity contribution in [3.05, 3.63) is 33.8 Å². The summed E-state index contributed by atoms with van der Waals surface area (Å²) >= 11 is 3.73. The molecule has 2 fully saturated rings. The van der Waals surface area contributed by atoms with E-state index >= 15 is 0 Å². The highest BCUT2D eigenvalue weighted by atomic mass is 79.9. The van der Waals surface area contributed by atoms with E-state index in [9.17, 15) is 0 Å². The summed E-state index contributed by atoms with van der Waals surface area (Å²) in [5, 5.41) is 4.03.